The van der Waals surface area contributed by atoms with Crippen LogP contribution in [0.2, 0.25) is 0 Å². The number of halogens is 1. The lowest BCUT2D eigenvalue weighted by Gasteiger charge is -2.29. The van der Waals surface area contributed by atoms with Crippen molar-refractivity contribution >= 4 is 17.8 Å². The number of esters is 2. The molecule has 2 aromatic rings. The summed E-state index contributed by atoms with van der Waals surface area (Å²) in [6.45, 7) is 7.84. The lowest BCUT2D eigenvalue weighted by Crippen LogP contribution is -2.42. The number of hydrogen-bond acceptors (Lipinski definition) is 9. The predicted molar refractivity (Wildman–Crippen MR) is 126 cm³/mol. The number of nitrogens with zero attached hydrogens (tertiary/aromatic N) is 1. The maximum Gasteiger partial charge on any atom is 0.328 e. The Morgan fingerprint density at radius 1 is 1.03 bits per heavy atom. The Labute approximate surface area is 208 Å². The number of aromatic hydroxyl groups is 1. The summed E-state index contributed by atoms with van der Waals surface area (Å²) in [5.41, 5.74) is -0.920. The molecule has 0 aliphatic heterocycles. The smallest absolute Gasteiger partial charge is 0.328 e. The fourth-order valence-electron chi connectivity index (χ4n) is 3.06. The van der Waals surface area contributed by atoms with Crippen molar-refractivity contribution in [3.8, 4) is 17.2 Å². The molecule has 0 aliphatic rings. The molecule has 1 aromatic heterocycles. The standard InChI is InChI=1S/C25H31FN2O8/c1-13(28-22(30)19-20(29)17(33-6)10-11-27-19)23(31)35-14(2)21(36-24(32)25(3,4)5)16-9-8-15(26)12-18(16)34-7/h8-14,21,29H,1-7H3,(H,28,30)/t13-,14-,21-/m0/s1. The van der Waals surface area contributed by atoms with Crippen LogP contribution in [0.5, 0.6) is 17.2 Å². The minimum Gasteiger partial charge on any atom is -0.503 e. The third-order valence-electron chi connectivity index (χ3n) is 5.10. The summed E-state index contributed by atoms with van der Waals surface area (Å²) >= 11 is 0. The van der Waals surface area contributed by atoms with E-state index in [1.165, 1.54) is 52.5 Å². The molecule has 0 fully saturated rings. The molecule has 1 aromatic carbocycles. The number of pyridine rings is 1. The molecule has 11 heteroatoms. The average Bonchev–Trinajstić information content (AvgIpc) is 2.81. The number of aromatic nitrogens is 1. The van der Waals surface area contributed by atoms with Gasteiger partial charge in [-0.1, -0.05) is 0 Å². The third-order valence-corrected chi connectivity index (χ3v) is 5.10. The first-order chi connectivity index (χ1) is 16.8. The Hall–Kier alpha value is -3.89. The van der Waals surface area contributed by atoms with Crippen molar-refractivity contribution in [2.45, 2.75) is 52.9 Å². The van der Waals surface area contributed by atoms with Gasteiger partial charge in [0, 0.05) is 23.9 Å². The minimum atomic E-state index is -1.17. The highest BCUT2D eigenvalue weighted by molar-refractivity contribution is 5.97. The third kappa shape index (κ3) is 6.83. The molecule has 0 spiro atoms. The highest BCUT2D eigenvalue weighted by atomic mass is 19.1. The molecule has 0 bridgehead atoms. The second-order valence-electron chi connectivity index (χ2n) is 9.01. The molecule has 0 radical (unpaired) electrons. The van der Waals surface area contributed by atoms with Crippen LogP contribution in [0.3, 0.4) is 0 Å². The van der Waals surface area contributed by atoms with Crippen LogP contribution in [0.15, 0.2) is 30.5 Å². The molecular formula is C25H31FN2O8. The molecular weight excluding hydrogens is 475 g/mol. The minimum absolute atomic E-state index is 0.0377. The van der Waals surface area contributed by atoms with Gasteiger partial charge < -0.3 is 29.4 Å². The first-order valence-electron chi connectivity index (χ1n) is 11.1. The van der Waals surface area contributed by atoms with Crippen LogP contribution < -0.4 is 14.8 Å². The topological polar surface area (TPSA) is 133 Å². The van der Waals surface area contributed by atoms with Gasteiger partial charge in [-0.05, 0) is 46.8 Å². The van der Waals surface area contributed by atoms with Crippen molar-refractivity contribution in [2.75, 3.05) is 14.2 Å². The number of carbonyl (C=O) groups excluding carboxylic acids is 3. The summed E-state index contributed by atoms with van der Waals surface area (Å²) in [6, 6.07) is 3.87. The number of nitrogens with one attached hydrogen (secondary N) is 1. The monoisotopic (exact) mass is 506 g/mol. The molecule has 3 atom stereocenters. The van der Waals surface area contributed by atoms with Crippen molar-refractivity contribution in [2.24, 2.45) is 5.41 Å². The van der Waals surface area contributed by atoms with Gasteiger partial charge in [0.1, 0.15) is 23.7 Å². The molecule has 10 nitrogen and oxygen atoms in total. The summed E-state index contributed by atoms with van der Waals surface area (Å²) in [6.07, 6.45) is -0.919. The van der Waals surface area contributed by atoms with Crippen LogP contribution in [-0.4, -0.2) is 54.3 Å². The van der Waals surface area contributed by atoms with E-state index >= 15 is 0 Å². The summed E-state index contributed by atoms with van der Waals surface area (Å²) in [5, 5.41) is 12.5. The summed E-state index contributed by atoms with van der Waals surface area (Å²) < 4.78 is 35.1. The normalized spacial score (nSPS) is 13.7. The van der Waals surface area contributed by atoms with Crippen molar-refractivity contribution in [1.82, 2.24) is 10.3 Å². The zero-order chi connectivity index (χ0) is 27.2. The zero-order valence-electron chi connectivity index (χ0n) is 21.2. The maximum absolute atomic E-state index is 13.8. The highest BCUT2D eigenvalue weighted by Gasteiger charge is 2.34. The Balaban J connectivity index is 2.24. The van der Waals surface area contributed by atoms with E-state index in [-0.39, 0.29) is 17.2 Å². The number of amides is 1. The van der Waals surface area contributed by atoms with Gasteiger partial charge in [-0.3, -0.25) is 9.59 Å². The molecule has 0 saturated heterocycles. The first-order valence-corrected chi connectivity index (χ1v) is 11.1. The van der Waals surface area contributed by atoms with Gasteiger partial charge in [0.2, 0.25) is 0 Å². The lowest BCUT2D eigenvalue weighted by molar-refractivity contribution is -0.174. The predicted octanol–water partition coefficient (Wildman–Crippen LogP) is 3.32. The summed E-state index contributed by atoms with van der Waals surface area (Å²) in [5.74, 6) is -3.17. The zero-order valence-corrected chi connectivity index (χ0v) is 21.2. The number of rotatable bonds is 9. The van der Waals surface area contributed by atoms with Gasteiger partial charge in [-0.15, -0.1) is 0 Å². The number of methoxy groups -OCH3 is 2. The van der Waals surface area contributed by atoms with E-state index in [0.717, 1.165) is 6.07 Å². The van der Waals surface area contributed by atoms with Gasteiger partial charge >= 0.3 is 11.9 Å². The van der Waals surface area contributed by atoms with E-state index in [4.69, 9.17) is 18.9 Å². The molecule has 0 aliphatic carbocycles. The Kier molecular flexibility index (Phi) is 9.21. The van der Waals surface area contributed by atoms with E-state index < -0.39 is 53.1 Å². The fraction of sp³-hybridized carbons (Fsp3) is 0.440. The SMILES string of the molecule is COc1cc(F)ccc1[C@@H](OC(=O)C(C)(C)C)[C@H](C)OC(=O)[C@H](C)NC(=O)c1nccc(OC)c1O. The van der Waals surface area contributed by atoms with Crippen LogP contribution in [0.1, 0.15) is 56.8 Å². The molecule has 2 N–H and O–H groups in total. The van der Waals surface area contributed by atoms with Gasteiger partial charge in [0.25, 0.3) is 5.91 Å². The number of carbonyl (C=O) groups is 3. The molecule has 0 unspecified atom stereocenters. The fourth-order valence-corrected chi connectivity index (χ4v) is 3.06. The number of hydrogen-bond donors (Lipinski definition) is 2. The number of ether oxygens (including phenoxy) is 4. The highest BCUT2D eigenvalue weighted by Crippen LogP contribution is 2.34. The lowest BCUT2D eigenvalue weighted by atomic mass is 9.96. The summed E-state index contributed by atoms with van der Waals surface area (Å²) in [7, 11) is 2.65. The molecule has 1 heterocycles. The van der Waals surface area contributed by atoms with E-state index in [9.17, 15) is 23.9 Å². The average molecular weight is 507 g/mol. The van der Waals surface area contributed by atoms with Crippen molar-refractivity contribution in [1.29, 1.82) is 0 Å². The first kappa shape index (κ1) is 28.3. The number of benzene rings is 1. The van der Waals surface area contributed by atoms with Crippen molar-refractivity contribution in [3.63, 3.8) is 0 Å². The van der Waals surface area contributed by atoms with Crippen LogP contribution in [0.4, 0.5) is 4.39 Å². The van der Waals surface area contributed by atoms with Gasteiger partial charge in [0.15, 0.2) is 23.3 Å². The van der Waals surface area contributed by atoms with Crippen molar-refractivity contribution < 1.29 is 42.8 Å². The second-order valence-corrected chi connectivity index (χ2v) is 9.01. The summed E-state index contributed by atoms with van der Waals surface area (Å²) in [4.78, 5) is 41.8. The van der Waals surface area contributed by atoms with Gasteiger partial charge in [-0.2, -0.15) is 0 Å². The van der Waals surface area contributed by atoms with Crippen LogP contribution in [0.25, 0.3) is 0 Å². The largest absolute Gasteiger partial charge is 0.503 e. The molecule has 36 heavy (non-hydrogen) atoms. The second kappa shape index (κ2) is 11.7. The van der Waals surface area contributed by atoms with E-state index in [1.807, 2.05) is 0 Å². The van der Waals surface area contributed by atoms with Crippen LogP contribution in [-0.2, 0) is 19.1 Å². The quantitative estimate of drug-likeness (QED) is 0.491. The molecule has 0 saturated carbocycles. The maximum atomic E-state index is 13.8. The Morgan fingerprint density at radius 3 is 2.25 bits per heavy atom. The molecule has 196 valence electrons. The van der Waals surface area contributed by atoms with E-state index in [0.29, 0.717) is 5.56 Å². The van der Waals surface area contributed by atoms with Crippen molar-refractivity contribution in [3.05, 3.63) is 47.5 Å². The Bertz CT molecular complexity index is 1120. The van der Waals surface area contributed by atoms with Crippen LogP contribution >= 0.6 is 0 Å². The Morgan fingerprint density at radius 2 is 1.67 bits per heavy atom. The van der Waals surface area contributed by atoms with Gasteiger partial charge in [0.05, 0.1) is 19.6 Å². The molecule has 2 rings (SSSR count). The van der Waals surface area contributed by atoms with E-state index in [1.54, 1.807) is 20.8 Å². The van der Waals surface area contributed by atoms with Crippen LogP contribution in [0, 0.1) is 11.2 Å². The van der Waals surface area contributed by atoms with E-state index in [2.05, 4.69) is 10.3 Å². The molecule has 1 amide bonds. The van der Waals surface area contributed by atoms with Gasteiger partial charge in [-0.25, -0.2) is 14.2 Å².